The lowest BCUT2D eigenvalue weighted by molar-refractivity contribution is -0.534. The second-order valence-corrected chi connectivity index (χ2v) is 9.24. The summed E-state index contributed by atoms with van der Waals surface area (Å²) in [4.78, 5) is 28.2. The van der Waals surface area contributed by atoms with Crippen LogP contribution in [0.3, 0.4) is 0 Å². The number of rotatable bonds is 5. The van der Waals surface area contributed by atoms with Crippen molar-refractivity contribution in [3.8, 4) is 5.75 Å². The molecule has 7 heteroatoms. The van der Waals surface area contributed by atoms with Crippen molar-refractivity contribution in [1.29, 1.82) is 0 Å². The molecule has 0 radical (unpaired) electrons. The number of benzene rings is 3. The van der Waals surface area contributed by atoms with Crippen molar-refractivity contribution in [2.45, 2.75) is 43.0 Å². The molecule has 2 saturated heterocycles. The van der Waals surface area contributed by atoms with E-state index in [1.165, 1.54) is 0 Å². The van der Waals surface area contributed by atoms with Gasteiger partial charge in [-0.2, -0.15) is 0 Å². The van der Waals surface area contributed by atoms with Gasteiger partial charge < -0.3 is 10.1 Å². The summed E-state index contributed by atoms with van der Waals surface area (Å²) < 4.78 is 6.22. The Morgan fingerprint density at radius 2 is 1.76 bits per heavy atom. The standard InChI is InChI=1S/C27H25N3O4/c31-26-27(20-12-5-6-13-21(20)28-26)25(30(32)33)24(22-14-8-16-29(22)27)19-11-4-7-15-23(19)34-17-18-9-2-1-3-10-18/h1-7,9-13,15,22,24-25H,8,14,16-17H2,(H,28,31)/t22-,24-,25-,27+/m1/s1. The molecule has 3 aliphatic rings. The zero-order valence-electron chi connectivity index (χ0n) is 18.6. The fourth-order valence-electron chi connectivity index (χ4n) is 6.37. The highest BCUT2D eigenvalue weighted by molar-refractivity contribution is 6.07. The van der Waals surface area contributed by atoms with Gasteiger partial charge in [-0.3, -0.25) is 19.8 Å². The molecule has 172 valence electrons. The van der Waals surface area contributed by atoms with Crippen molar-refractivity contribution in [2.75, 3.05) is 11.9 Å². The number of carbonyl (C=O) groups is 1. The van der Waals surface area contributed by atoms with Crippen molar-refractivity contribution < 1.29 is 14.5 Å². The van der Waals surface area contributed by atoms with Crippen LogP contribution in [-0.4, -0.2) is 34.4 Å². The Balaban J connectivity index is 1.47. The molecule has 3 aromatic rings. The van der Waals surface area contributed by atoms with Crippen molar-refractivity contribution in [3.63, 3.8) is 0 Å². The number of nitrogens with zero attached hydrogens (tertiary/aromatic N) is 2. The van der Waals surface area contributed by atoms with E-state index in [2.05, 4.69) is 10.2 Å². The molecule has 34 heavy (non-hydrogen) atoms. The number of para-hydroxylation sites is 2. The van der Waals surface area contributed by atoms with Crippen LogP contribution in [-0.2, 0) is 16.9 Å². The molecule has 1 N–H and O–H groups in total. The lowest BCUT2D eigenvalue weighted by Crippen LogP contribution is -2.55. The second kappa shape index (κ2) is 7.95. The van der Waals surface area contributed by atoms with Gasteiger partial charge in [-0.05, 0) is 30.5 Å². The first-order valence-corrected chi connectivity index (χ1v) is 11.7. The Morgan fingerprint density at radius 3 is 2.59 bits per heavy atom. The summed E-state index contributed by atoms with van der Waals surface area (Å²) in [5.74, 6) is -0.132. The van der Waals surface area contributed by atoms with E-state index in [-0.39, 0.29) is 16.9 Å². The van der Waals surface area contributed by atoms with Crippen LogP contribution in [0.2, 0.25) is 0 Å². The number of fused-ring (bicyclic) bond motifs is 4. The highest BCUT2D eigenvalue weighted by atomic mass is 16.6. The Labute approximate surface area is 197 Å². The van der Waals surface area contributed by atoms with Crippen LogP contribution < -0.4 is 10.1 Å². The Morgan fingerprint density at radius 1 is 1.03 bits per heavy atom. The molecule has 0 aliphatic carbocycles. The van der Waals surface area contributed by atoms with E-state index < -0.39 is 17.5 Å². The van der Waals surface area contributed by atoms with Crippen LogP contribution in [0.5, 0.6) is 5.75 Å². The number of nitro groups is 1. The highest BCUT2D eigenvalue weighted by Crippen LogP contribution is 2.58. The number of hydrogen-bond donors (Lipinski definition) is 1. The average Bonchev–Trinajstić information content (AvgIpc) is 3.52. The third-order valence-corrected chi connectivity index (χ3v) is 7.61. The predicted octanol–water partition coefficient (Wildman–Crippen LogP) is 4.32. The molecular weight excluding hydrogens is 430 g/mol. The number of amides is 1. The van der Waals surface area contributed by atoms with Crippen molar-refractivity contribution in [3.05, 3.63) is 106 Å². The van der Waals surface area contributed by atoms with Crippen LogP contribution >= 0.6 is 0 Å². The van der Waals surface area contributed by atoms with Gasteiger partial charge >= 0.3 is 0 Å². The summed E-state index contributed by atoms with van der Waals surface area (Å²) >= 11 is 0. The highest BCUT2D eigenvalue weighted by Gasteiger charge is 2.73. The molecule has 6 rings (SSSR count). The summed E-state index contributed by atoms with van der Waals surface area (Å²) in [6.07, 6.45) is 1.70. The average molecular weight is 456 g/mol. The fraction of sp³-hybridized carbons (Fsp3) is 0.296. The van der Waals surface area contributed by atoms with Gasteiger partial charge in [0.25, 0.3) is 11.9 Å². The Hall–Kier alpha value is -3.71. The molecule has 3 aromatic carbocycles. The van der Waals surface area contributed by atoms with Crippen LogP contribution in [0.15, 0.2) is 78.9 Å². The summed E-state index contributed by atoms with van der Waals surface area (Å²) in [5, 5.41) is 15.7. The largest absolute Gasteiger partial charge is 0.489 e. The molecule has 1 spiro atoms. The minimum Gasteiger partial charge on any atom is -0.489 e. The lowest BCUT2D eigenvalue weighted by Gasteiger charge is -2.32. The van der Waals surface area contributed by atoms with Crippen LogP contribution in [0.4, 0.5) is 5.69 Å². The van der Waals surface area contributed by atoms with Gasteiger partial charge in [0.05, 0.1) is 5.92 Å². The fourth-order valence-corrected chi connectivity index (χ4v) is 6.37. The van der Waals surface area contributed by atoms with E-state index >= 15 is 0 Å². The van der Waals surface area contributed by atoms with Gasteiger partial charge in [-0.25, -0.2) is 0 Å². The molecule has 0 aromatic heterocycles. The van der Waals surface area contributed by atoms with Crippen molar-refractivity contribution in [1.82, 2.24) is 4.90 Å². The van der Waals surface area contributed by atoms with Gasteiger partial charge in [0.2, 0.25) is 0 Å². The molecule has 7 nitrogen and oxygen atoms in total. The van der Waals surface area contributed by atoms with E-state index in [1.807, 2.05) is 78.9 Å². The molecule has 3 heterocycles. The summed E-state index contributed by atoms with van der Waals surface area (Å²) in [7, 11) is 0. The van der Waals surface area contributed by atoms with Gasteiger partial charge in [0, 0.05) is 34.3 Å². The van der Waals surface area contributed by atoms with Gasteiger partial charge in [-0.15, -0.1) is 0 Å². The summed E-state index contributed by atoms with van der Waals surface area (Å²) in [5.41, 5.74) is 1.88. The van der Waals surface area contributed by atoms with E-state index in [0.29, 0.717) is 30.2 Å². The molecule has 2 fully saturated rings. The van der Waals surface area contributed by atoms with Crippen LogP contribution in [0.1, 0.15) is 35.4 Å². The van der Waals surface area contributed by atoms with Crippen molar-refractivity contribution in [2.24, 2.45) is 0 Å². The monoisotopic (exact) mass is 455 g/mol. The maximum absolute atomic E-state index is 13.6. The maximum atomic E-state index is 13.6. The van der Waals surface area contributed by atoms with E-state index in [9.17, 15) is 14.9 Å². The Bertz CT molecular complexity index is 1260. The van der Waals surface area contributed by atoms with Gasteiger partial charge in [0.1, 0.15) is 12.4 Å². The predicted molar refractivity (Wildman–Crippen MR) is 127 cm³/mol. The minimum absolute atomic E-state index is 0.117. The smallest absolute Gasteiger partial charge is 0.256 e. The molecule has 3 aliphatic heterocycles. The number of hydrogen-bond acceptors (Lipinski definition) is 5. The molecule has 4 atom stereocenters. The first kappa shape index (κ1) is 20.9. The summed E-state index contributed by atoms with van der Waals surface area (Å²) in [6.45, 7) is 1.02. The topological polar surface area (TPSA) is 84.7 Å². The lowest BCUT2D eigenvalue weighted by atomic mass is 9.77. The number of anilines is 1. The molecular formula is C27H25N3O4. The second-order valence-electron chi connectivity index (χ2n) is 9.24. The van der Waals surface area contributed by atoms with Crippen molar-refractivity contribution >= 4 is 11.6 Å². The SMILES string of the molecule is O=C1Nc2ccccc2[C@]12[C@H]([N+](=O)[O-])[C@H](c1ccccc1OCc1ccccc1)[C@H]1CCCN12. The van der Waals surface area contributed by atoms with Gasteiger partial charge in [0.15, 0.2) is 5.54 Å². The first-order valence-electron chi connectivity index (χ1n) is 11.7. The molecule has 0 saturated carbocycles. The minimum atomic E-state index is -1.32. The molecule has 0 bridgehead atoms. The normalized spacial score (nSPS) is 27.4. The summed E-state index contributed by atoms with van der Waals surface area (Å²) in [6, 6.07) is 23.6. The van der Waals surface area contributed by atoms with Gasteiger partial charge in [-0.1, -0.05) is 66.7 Å². The first-order chi connectivity index (χ1) is 16.6. The quantitative estimate of drug-likeness (QED) is 0.458. The zero-order chi connectivity index (χ0) is 23.3. The number of ether oxygens (including phenoxy) is 1. The van der Waals surface area contributed by atoms with Crippen LogP contribution in [0, 0.1) is 10.1 Å². The van der Waals surface area contributed by atoms with E-state index in [1.54, 1.807) is 0 Å². The maximum Gasteiger partial charge on any atom is 0.256 e. The zero-order valence-corrected chi connectivity index (χ0v) is 18.6. The number of carbonyl (C=O) groups excluding carboxylic acids is 1. The number of nitrogens with one attached hydrogen (secondary N) is 1. The molecule has 0 unspecified atom stereocenters. The third-order valence-electron chi connectivity index (χ3n) is 7.61. The van der Waals surface area contributed by atoms with E-state index in [4.69, 9.17) is 4.74 Å². The van der Waals surface area contributed by atoms with E-state index in [0.717, 1.165) is 24.0 Å². The Kier molecular flexibility index (Phi) is 4.88. The van der Waals surface area contributed by atoms with Crippen LogP contribution in [0.25, 0.3) is 0 Å². The molecule has 1 amide bonds. The third kappa shape index (κ3) is 2.90.